The van der Waals surface area contributed by atoms with Crippen molar-refractivity contribution in [2.45, 2.75) is 46.1 Å². The van der Waals surface area contributed by atoms with E-state index >= 15 is 0 Å². The van der Waals surface area contributed by atoms with Crippen LogP contribution in [0.1, 0.15) is 48.2 Å². The fraction of sp³-hybridized carbons (Fsp3) is 0.368. The van der Waals surface area contributed by atoms with E-state index in [9.17, 15) is 19.5 Å². The molecule has 1 heterocycles. The Hall–Kier alpha value is -2.96. The molecule has 0 saturated heterocycles. The molecule has 1 aromatic heterocycles. The van der Waals surface area contributed by atoms with Crippen molar-refractivity contribution in [2.24, 2.45) is 0 Å². The van der Waals surface area contributed by atoms with Crippen LogP contribution in [-0.2, 0) is 15.1 Å². The van der Waals surface area contributed by atoms with Gasteiger partial charge in [0.1, 0.15) is 0 Å². The molecule has 138 valence electrons. The normalized spacial score (nSPS) is 11.2. The number of amides is 1. The predicted octanol–water partition coefficient (Wildman–Crippen LogP) is 2.92. The lowest BCUT2D eigenvalue weighted by molar-refractivity contribution is -0.146. The second-order valence-electron chi connectivity index (χ2n) is 6.83. The molecule has 1 aromatic carbocycles. The summed E-state index contributed by atoms with van der Waals surface area (Å²) in [4.78, 5) is 35.6. The number of anilines is 1. The maximum absolute atomic E-state index is 12.3. The van der Waals surface area contributed by atoms with E-state index in [0.29, 0.717) is 11.3 Å². The average molecular weight is 357 g/mol. The fourth-order valence-electron chi connectivity index (χ4n) is 2.41. The number of aliphatic carboxylic acids is 1. The van der Waals surface area contributed by atoms with Crippen LogP contribution in [0.25, 0.3) is 0 Å². The number of benzene rings is 1. The largest absolute Gasteiger partial charge is 0.479 e. The van der Waals surface area contributed by atoms with E-state index in [0.717, 1.165) is 11.1 Å². The molecular formula is C19H23N3O4. The first-order chi connectivity index (χ1) is 12.1. The highest BCUT2D eigenvalue weighted by Crippen LogP contribution is 2.18. The van der Waals surface area contributed by atoms with E-state index < -0.39 is 11.5 Å². The molecule has 0 atom stereocenters. The standard InChI is InChI=1S/C19H23N3O4/c1-12-5-6-13(2)15(9-12)16(23)7-8-17(24)21-14-10-20-22(11-14)19(3,4)18(25)26/h5-6,9-11H,7-8H2,1-4H3,(H,21,24)(H,25,26). The van der Waals surface area contributed by atoms with Gasteiger partial charge in [-0.2, -0.15) is 5.10 Å². The molecule has 0 bridgehead atoms. The van der Waals surface area contributed by atoms with Gasteiger partial charge in [0.25, 0.3) is 0 Å². The van der Waals surface area contributed by atoms with Crippen molar-refractivity contribution < 1.29 is 19.5 Å². The summed E-state index contributed by atoms with van der Waals surface area (Å²) < 4.78 is 1.27. The van der Waals surface area contributed by atoms with E-state index in [2.05, 4.69) is 10.4 Å². The van der Waals surface area contributed by atoms with Crippen molar-refractivity contribution in [2.75, 3.05) is 5.32 Å². The number of hydrogen-bond acceptors (Lipinski definition) is 4. The summed E-state index contributed by atoms with van der Waals surface area (Å²) in [5, 5.41) is 15.8. The topological polar surface area (TPSA) is 101 Å². The van der Waals surface area contributed by atoms with Gasteiger partial charge in [0.05, 0.1) is 11.9 Å². The lowest BCUT2D eigenvalue weighted by atomic mass is 9.99. The molecule has 7 nitrogen and oxygen atoms in total. The van der Waals surface area contributed by atoms with Gasteiger partial charge >= 0.3 is 5.97 Å². The Balaban J connectivity index is 1.95. The zero-order valence-corrected chi connectivity index (χ0v) is 15.4. The minimum Gasteiger partial charge on any atom is -0.479 e. The smallest absolute Gasteiger partial charge is 0.331 e. The third kappa shape index (κ3) is 4.36. The van der Waals surface area contributed by atoms with E-state index in [4.69, 9.17) is 0 Å². The molecule has 2 N–H and O–H groups in total. The van der Waals surface area contributed by atoms with E-state index in [-0.39, 0.29) is 24.5 Å². The van der Waals surface area contributed by atoms with E-state index in [1.807, 2.05) is 32.0 Å². The first-order valence-electron chi connectivity index (χ1n) is 8.30. The lowest BCUT2D eigenvalue weighted by Crippen LogP contribution is -2.35. The highest BCUT2D eigenvalue weighted by atomic mass is 16.4. The monoisotopic (exact) mass is 357 g/mol. The SMILES string of the molecule is Cc1ccc(C)c(C(=O)CCC(=O)Nc2cnn(C(C)(C)C(=O)O)c2)c1. The van der Waals surface area contributed by atoms with Crippen LogP contribution in [0.2, 0.25) is 0 Å². The molecule has 0 aliphatic heterocycles. The molecular weight excluding hydrogens is 334 g/mol. The number of Topliss-reactive ketones (excluding diaryl/α,β-unsaturated/α-hetero) is 1. The number of carbonyl (C=O) groups excluding carboxylic acids is 2. The maximum Gasteiger partial charge on any atom is 0.331 e. The number of nitrogens with zero attached hydrogens (tertiary/aromatic N) is 2. The van der Waals surface area contributed by atoms with Gasteiger partial charge in [-0.1, -0.05) is 17.7 Å². The van der Waals surface area contributed by atoms with Gasteiger partial charge < -0.3 is 10.4 Å². The number of aryl methyl sites for hydroxylation is 2. The first-order valence-corrected chi connectivity index (χ1v) is 8.30. The molecule has 0 radical (unpaired) electrons. The van der Waals surface area contributed by atoms with Crippen molar-refractivity contribution in [3.05, 3.63) is 47.3 Å². The van der Waals surface area contributed by atoms with Gasteiger partial charge in [0.15, 0.2) is 11.3 Å². The maximum atomic E-state index is 12.3. The highest BCUT2D eigenvalue weighted by Gasteiger charge is 2.30. The second kappa shape index (κ2) is 7.51. The van der Waals surface area contributed by atoms with Crippen molar-refractivity contribution in [1.82, 2.24) is 9.78 Å². The van der Waals surface area contributed by atoms with Gasteiger partial charge in [-0.3, -0.25) is 14.3 Å². The Morgan fingerprint density at radius 1 is 1.19 bits per heavy atom. The third-order valence-electron chi connectivity index (χ3n) is 4.24. The van der Waals surface area contributed by atoms with Crippen LogP contribution in [0, 0.1) is 13.8 Å². The van der Waals surface area contributed by atoms with Crippen LogP contribution in [0.15, 0.2) is 30.6 Å². The summed E-state index contributed by atoms with van der Waals surface area (Å²) in [6, 6.07) is 5.66. The number of aromatic nitrogens is 2. The summed E-state index contributed by atoms with van der Waals surface area (Å²) >= 11 is 0. The Labute approximate surface area is 152 Å². The molecule has 0 unspecified atom stereocenters. The molecule has 2 rings (SSSR count). The number of hydrogen-bond donors (Lipinski definition) is 2. The molecule has 0 saturated carbocycles. The Bertz CT molecular complexity index is 852. The summed E-state index contributed by atoms with van der Waals surface area (Å²) in [5.41, 5.74) is 1.69. The number of carboxylic acid groups (broad SMARTS) is 1. The molecule has 0 fully saturated rings. The quantitative estimate of drug-likeness (QED) is 0.742. The van der Waals surface area contributed by atoms with Crippen LogP contribution in [0.5, 0.6) is 0 Å². The Kier molecular flexibility index (Phi) is 5.59. The van der Waals surface area contributed by atoms with Crippen LogP contribution in [-0.4, -0.2) is 32.5 Å². The first kappa shape index (κ1) is 19.4. The van der Waals surface area contributed by atoms with Crippen LogP contribution >= 0.6 is 0 Å². The number of ketones is 1. The summed E-state index contributed by atoms with van der Waals surface area (Å²) in [6.07, 6.45) is 2.98. The van der Waals surface area contributed by atoms with E-state index in [1.54, 1.807) is 0 Å². The van der Waals surface area contributed by atoms with Crippen molar-refractivity contribution in [3.63, 3.8) is 0 Å². The van der Waals surface area contributed by atoms with Crippen molar-refractivity contribution in [3.8, 4) is 0 Å². The van der Waals surface area contributed by atoms with Crippen molar-refractivity contribution in [1.29, 1.82) is 0 Å². The number of carbonyl (C=O) groups is 3. The number of nitrogens with one attached hydrogen (secondary N) is 1. The summed E-state index contributed by atoms with van der Waals surface area (Å²) in [5.74, 6) is -1.43. The summed E-state index contributed by atoms with van der Waals surface area (Å²) in [7, 11) is 0. The average Bonchev–Trinajstić information content (AvgIpc) is 3.03. The van der Waals surface area contributed by atoms with Gasteiger partial charge in [-0.05, 0) is 39.3 Å². The van der Waals surface area contributed by atoms with E-state index in [1.165, 1.54) is 30.9 Å². The zero-order chi connectivity index (χ0) is 19.5. The fourth-order valence-corrected chi connectivity index (χ4v) is 2.41. The molecule has 26 heavy (non-hydrogen) atoms. The highest BCUT2D eigenvalue weighted by molar-refractivity contribution is 6.01. The Morgan fingerprint density at radius 3 is 2.54 bits per heavy atom. The molecule has 7 heteroatoms. The minimum absolute atomic E-state index is 0.0414. The molecule has 1 amide bonds. The van der Waals surface area contributed by atoms with Crippen LogP contribution in [0.4, 0.5) is 5.69 Å². The van der Waals surface area contributed by atoms with Crippen LogP contribution in [0.3, 0.4) is 0 Å². The number of carboxylic acids is 1. The van der Waals surface area contributed by atoms with Gasteiger partial charge in [0.2, 0.25) is 5.91 Å². The third-order valence-corrected chi connectivity index (χ3v) is 4.24. The number of rotatable bonds is 7. The predicted molar refractivity (Wildman–Crippen MR) is 97.3 cm³/mol. The van der Waals surface area contributed by atoms with Crippen LogP contribution < -0.4 is 5.32 Å². The lowest BCUT2D eigenvalue weighted by Gasteiger charge is -2.19. The second-order valence-corrected chi connectivity index (χ2v) is 6.83. The van der Waals surface area contributed by atoms with Gasteiger partial charge in [-0.15, -0.1) is 0 Å². The Morgan fingerprint density at radius 2 is 1.88 bits per heavy atom. The summed E-state index contributed by atoms with van der Waals surface area (Å²) in [6.45, 7) is 6.80. The zero-order valence-electron chi connectivity index (χ0n) is 15.4. The van der Waals surface area contributed by atoms with Gasteiger partial charge in [-0.25, -0.2) is 4.79 Å². The molecule has 0 aliphatic carbocycles. The molecule has 0 spiro atoms. The van der Waals surface area contributed by atoms with Crippen molar-refractivity contribution >= 4 is 23.3 Å². The molecule has 0 aliphatic rings. The van der Waals surface area contributed by atoms with Gasteiger partial charge in [0, 0.05) is 24.6 Å². The minimum atomic E-state index is -1.22. The molecule has 2 aromatic rings.